The number of carbonyl (C=O) groups excluding carboxylic acids is 2. The number of ether oxygens (including phenoxy) is 1. The van der Waals surface area contributed by atoms with Crippen LogP contribution in [0.1, 0.15) is 11.3 Å². The smallest absolute Gasteiger partial charge is 0.311 e. The van der Waals surface area contributed by atoms with Crippen LogP contribution in [0.5, 0.6) is 0 Å². The monoisotopic (exact) mass is 336 g/mol. The first-order valence-corrected chi connectivity index (χ1v) is 8.44. The quantitative estimate of drug-likeness (QED) is 0.649. The second-order valence-electron chi connectivity index (χ2n) is 4.50. The summed E-state index contributed by atoms with van der Waals surface area (Å²) in [5, 5.41) is 4.97. The van der Waals surface area contributed by atoms with Gasteiger partial charge in [0, 0.05) is 10.3 Å². The van der Waals surface area contributed by atoms with Crippen molar-refractivity contribution in [2.45, 2.75) is 18.2 Å². The van der Waals surface area contributed by atoms with E-state index in [1.807, 2.05) is 31.2 Å². The summed E-state index contributed by atoms with van der Waals surface area (Å²) in [5.41, 5.74) is 1.74. The minimum atomic E-state index is -0.349. The van der Waals surface area contributed by atoms with Crippen LogP contribution in [-0.2, 0) is 20.7 Å². The number of rotatable bonds is 6. The molecule has 0 saturated heterocycles. The number of methoxy groups -OCH3 is 1. The minimum Gasteiger partial charge on any atom is -0.469 e. The van der Waals surface area contributed by atoms with E-state index in [0.29, 0.717) is 16.6 Å². The van der Waals surface area contributed by atoms with E-state index in [1.165, 1.54) is 30.2 Å². The highest BCUT2D eigenvalue weighted by molar-refractivity contribution is 8.00. The molecule has 0 radical (unpaired) electrons. The number of aromatic nitrogens is 1. The van der Waals surface area contributed by atoms with Crippen LogP contribution in [0.4, 0.5) is 5.13 Å². The van der Waals surface area contributed by atoms with Crippen molar-refractivity contribution in [2.75, 3.05) is 18.2 Å². The summed E-state index contributed by atoms with van der Waals surface area (Å²) in [6.45, 7) is 2.01. The molecule has 1 heterocycles. The molecule has 0 unspecified atom stereocenters. The summed E-state index contributed by atoms with van der Waals surface area (Å²) in [4.78, 5) is 28.4. The van der Waals surface area contributed by atoms with Crippen molar-refractivity contribution in [3.63, 3.8) is 0 Å². The van der Waals surface area contributed by atoms with Gasteiger partial charge in [-0.3, -0.25) is 9.59 Å². The number of thioether (sulfide) groups is 1. The SMILES string of the molecule is COC(=O)Cc1csc(NC(=O)CSc2ccccc2C)n1. The van der Waals surface area contributed by atoms with Gasteiger partial charge in [0.2, 0.25) is 5.91 Å². The maximum Gasteiger partial charge on any atom is 0.311 e. The number of anilines is 1. The minimum absolute atomic E-state index is 0.112. The lowest BCUT2D eigenvalue weighted by molar-refractivity contribution is -0.139. The number of thiazole rings is 1. The van der Waals surface area contributed by atoms with Gasteiger partial charge in [-0.15, -0.1) is 23.1 Å². The van der Waals surface area contributed by atoms with E-state index in [0.717, 1.165) is 10.5 Å². The summed E-state index contributed by atoms with van der Waals surface area (Å²) in [5.74, 6) is -0.151. The van der Waals surface area contributed by atoms with Crippen molar-refractivity contribution in [1.82, 2.24) is 4.98 Å². The summed E-state index contributed by atoms with van der Waals surface area (Å²) in [6, 6.07) is 7.93. The van der Waals surface area contributed by atoms with Crippen LogP contribution in [0.15, 0.2) is 34.5 Å². The van der Waals surface area contributed by atoms with Crippen LogP contribution in [0.3, 0.4) is 0 Å². The van der Waals surface area contributed by atoms with Gasteiger partial charge in [-0.05, 0) is 18.6 Å². The fourth-order valence-electron chi connectivity index (χ4n) is 1.68. The highest BCUT2D eigenvalue weighted by Gasteiger charge is 2.10. The fourth-order valence-corrected chi connectivity index (χ4v) is 3.24. The Balaban J connectivity index is 1.85. The predicted molar refractivity (Wildman–Crippen MR) is 88.4 cm³/mol. The number of benzene rings is 1. The molecule has 1 amide bonds. The third kappa shape index (κ3) is 4.85. The lowest BCUT2D eigenvalue weighted by Gasteiger charge is -2.04. The first-order valence-electron chi connectivity index (χ1n) is 6.58. The maximum atomic E-state index is 11.9. The van der Waals surface area contributed by atoms with E-state index in [2.05, 4.69) is 15.0 Å². The van der Waals surface area contributed by atoms with E-state index in [-0.39, 0.29) is 18.3 Å². The van der Waals surface area contributed by atoms with E-state index >= 15 is 0 Å². The van der Waals surface area contributed by atoms with Crippen LogP contribution in [-0.4, -0.2) is 29.7 Å². The Kier molecular flexibility index (Phi) is 5.97. The van der Waals surface area contributed by atoms with Crippen LogP contribution in [0.2, 0.25) is 0 Å². The molecule has 116 valence electrons. The molecule has 1 N–H and O–H groups in total. The summed E-state index contributed by atoms with van der Waals surface area (Å²) < 4.78 is 4.58. The highest BCUT2D eigenvalue weighted by Crippen LogP contribution is 2.22. The molecule has 0 bridgehead atoms. The molecule has 7 heteroatoms. The van der Waals surface area contributed by atoms with E-state index in [9.17, 15) is 9.59 Å². The van der Waals surface area contributed by atoms with Crippen LogP contribution in [0.25, 0.3) is 0 Å². The third-order valence-corrected chi connectivity index (χ3v) is 4.79. The van der Waals surface area contributed by atoms with Gasteiger partial charge in [0.25, 0.3) is 0 Å². The number of aryl methyl sites for hydroxylation is 1. The molecule has 2 rings (SSSR count). The molecule has 1 aromatic carbocycles. The van der Waals surface area contributed by atoms with Gasteiger partial charge in [0.05, 0.1) is 25.0 Å². The Bertz CT molecular complexity index is 670. The summed E-state index contributed by atoms with van der Waals surface area (Å²) in [7, 11) is 1.33. The lowest BCUT2D eigenvalue weighted by Crippen LogP contribution is -2.14. The van der Waals surface area contributed by atoms with Crippen molar-refractivity contribution in [3.8, 4) is 0 Å². The average Bonchev–Trinajstić information content (AvgIpc) is 2.93. The zero-order valence-corrected chi connectivity index (χ0v) is 13.9. The second kappa shape index (κ2) is 7.95. The number of hydrogen-bond donors (Lipinski definition) is 1. The third-order valence-electron chi connectivity index (χ3n) is 2.80. The standard InChI is InChI=1S/C15H16N2O3S2/c1-10-5-3-4-6-12(10)21-9-13(18)17-15-16-11(8-22-15)7-14(19)20-2/h3-6,8H,7,9H2,1-2H3,(H,16,17,18). The Labute approximate surface area is 137 Å². The van der Waals surface area contributed by atoms with Crippen molar-refractivity contribution < 1.29 is 14.3 Å². The number of nitrogens with zero attached hydrogens (tertiary/aromatic N) is 1. The zero-order chi connectivity index (χ0) is 15.9. The Morgan fingerprint density at radius 2 is 2.14 bits per heavy atom. The molecular weight excluding hydrogens is 320 g/mol. The van der Waals surface area contributed by atoms with Gasteiger partial charge in [-0.25, -0.2) is 4.98 Å². The lowest BCUT2D eigenvalue weighted by atomic mass is 10.2. The molecule has 0 aliphatic rings. The predicted octanol–water partition coefficient (Wildman–Crippen LogP) is 2.90. The number of amides is 1. The summed E-state index contributed by atoms with van der Waals surface area (Å²) >= 11 is 2.78. The Morgan fingerprint density at radius 3 is 2.86 bits per heavy atom. The molecule has 1 aromatic heterocycles. The molecule has 0 fully saturated rings. The first-order chi connectivity index (χ1) is 10.6. The van der Waals surface area contributed by atoms with E-state index in [4.69, 9.17) is 0 Å². The Hall–Kier alpha value is -1.86. The first kappa shape index (κ1) is 16.5. The molecule has 22 heavy (non-hydrogen) atoms. The molecule has 0 spiro atoms. The van der Waals surface area contributed by atoms with Crippen molar-refractivity contribution in [2.24, 2.45) is 0 Å². The summed E-state index contributed by atoms with van der Waals surface area (Å²) in [6.07, 6.45) is 0.112. The number of carbonyl (C=O) groups is 2. The van der Waals surface area contributed by atoms with E-state index in [1.54, 1.807) is 5.38 Å². The largest absolute Gasteiger partial charge is 0.469 e. The molecule has 0 atom stereocenters. The molecule has 0 aliphatic heterocycles. The number of nitrogens with one attached hydrogen (secondary N) is 1. The van der Waals surface area contributed by atoms with Gasteiger partial charge in [-0.1, -0.05) is 18.2 Å². The normalized spacial score (nSPS) is 10.3. The second-order valence-corrected chi connectivity index (χ2v) is 6.37. The van der Waals surface area contributed by atoms with Gasteiger partial charge in [0.15, 0.2) is 5.13 Å². The molecule has 2 aromatic rings. The Morgan fingerprint density at radius 1 is 1.36 bits per heavy atom. The maximum absolute atomic E-state index is 11.9. The zero-order valence-electron chi connectivity index (χ0n) is 12.3. The number of hydrogen-bond acceptors (Lipinski definition) is 6. The van der Waals surface area contributed by atoms with Crippen molar-refractivity contribution in [1.29, 1.82) is 0 Å². The van der Waals surface area contributed by atoms with Crippen molar-refractivity contribution >= 4 is 40.1 Å². The number of esters is 1. The van der Waals surface area contributed by atoms with Crippen molar-refractivity contribution in [3.05, 3.63) is 40.9 Å². The fraction of sp³-hybridized carbons (Fsp3) is 0.267. The molecule has 0 saturated carbocycles. The van der Waals surface area contributed by atoms with Crippen LogP contribution in [0, 0.1) is 6.92 Å². The molecule has 5 nitrogen and oxygen atoms in total. The van der Waals surface area contributed by atoms with Gasteiger partial charge in [0.1, 0.15) is 0 Å². The van der Waals surface area contributed by atoms with Gasteiger partial charge < -0.3 is 10.1 Å². The average molecular weight is 336 g/mol. The molecular formula is C15H16N2O3S2. The van der Waals surface area contributed by atoms with Crippen LogP contribution >= 0.6 is 23.1 Å². The topological polar surface area (TPSA) is 68.3 Å². The van der Waals surface area contributed by atoms with Gasteiger partial charge >= 0.3 is 5.97 Å². The van der Waals surface area contributed by atoms with Gasteiger partial charge in [-0.2, -0.15) is 0 Å². The highest BCUT2D eigenvalue weighted by atomic mass is 32.2. The van der Waals surface area contributed by atoms with Crippen LogP contribution < -0.4 is 5.32 Å². The van der Waals surface area contributed by atoms with E-state index < -0.39 is 0 Å². The molecule has 0 aliphatic carbocycles.